The Morgan fingerprint density at radius 3 is 2.59 bits per heavy atom. The molecule has 1 N–H and O–H groups in total. The number of aryl methyl sites for hydroxylation is 2. The van der Waals surface area contributed by atoms with Gasteiger partial charge in [-0.05, 0) is 62.9 Å². The van der Waals surface area contributed by atoms with Crippen LogP contribution >= 0.6 is 0 Å². The Morgan fingerprint density at radius 1 is 1.18 bits per heavy atom. The summed E-state index contributed by atoms with van der Waals surface area (Å²) in [5, 5.41) is 3.55. The van der Waals surface area contributed by atoms with Crippen molar-refractivity contribution in [3.05, 3.63) is 29.3 Å². The van der Waals surface area contributed by atoms with Gasteiger partial charge in [-0.25, -0.2) is 0 Å². The van der Waals surface area contributed by atoms with Crippen LogP contribution in [0, 0.1) is 13.8 Å². The highest BCUT2D eigenvalue weighted by Gasteiger charge is 2.11. The number of hydrogen-bond acceptors (Lipinski definition) is 2. The zero-order valence-electron chi connectivity index (χ0n) is 11.0. The van der Waals surface area contributed by atoms with E-state index in [1.54, 1.807) is 0 Å². The fraction of sp³-hybridized carbons (Fsp3) is 0.600. The Labute approximate surface area is 104 Å². The van der Waals surface area contributed by atoms with E-state index in [2.05, 4.69) is 37.4 Å². The number of rotatable bonds is 4. The van der Waals surface area contributed by atoms with Gasteiger partial charge in [-0.15, -0.1) is 0 Å². The molecule has 2 nitrogen and oxygen atoms in total. The van der Waals surface area contributed by atoms with Crippen LogP contribution in [0.2, 0.25) is 0 Å². The second-order valence-corrected chi connectivity index (χ2v) is 5.11. The first-order chi connectivity index (χ1) is 8.24. The molecule has 0 aromatic heterocycles. The molecule has 1 saturated heterocycles. The third-order valence-corrected chi connectivity index (χ3v) is 3.34. The van der Waals surface area contributed by atoms with Crippen molar-refractivity contribution in [2.75, 3.05) is 13.2 Å². The van der Waals surface area contributed by atoms with Crippen molar-refractivity contribution < 1.29 is 4.74 Å². The second kappa shape index (κ2) is 6.06. The normalized spacial score (nSPS) is 20.2. The van der Waals surface area contributed by atoms with Gasteiger partial charge >= 0.3 is 0 Å². The van der Waals surface area contributed by atoms with Crippen molar-refractivity contribution in [3.8, 4) is 5.75 Å². The highest BCUT2D eigenvalue weighted by atomic mass is 16.5. The number of hydrogen-bond donors (Lipinski definition) is 1. The molecule has 1 heterocycles. The van der Waals surface area contributed by atoms with Crippen LogP contribution in [0.5, 0.6) is 5.75 Å². The summed E-state index contributed by atoms with van der Waals surface area (Å²) in [5.41, 5.74) is 2.55. The lowest BCUT2D eigenvalue weighted by Gasteiger charge is -2.23. The molecule has 1 fully saturated rings. The fourth-order valence-electron chi connectivity index (χ4n) is 2.51. The molecule has 0 saturated carbocycles. The quantitative estimate of drug-likeness (QED) is 0.862. The largest absolute Gasteiger partial charge is 0.494 e. The van der Waals surface area contributed by atoms with Gasteiger partial charge in [0.25, 0.3) is 0 Å². The molecule has 17 heavy (non-hydrogen) atoms. The summed E-state index contributed by atoms with van der Waals surface area (Å²) in [6.45, 7) is 6.22. The average molecular weight is 233 g/mol. The van der Waals surface area contributed by atoms with Crippen molar-refractivity contribution in [1.82, 2.24) is 5.32 Å². The number of benzene rings is 1. The summed E-state index contributed by atoms with van der Waals surface area (Å²) in [5.74, 6) is 1.01. The molecule has 1 atom stereocenters. The summed E-state index contributed by atoms with van der Waals surface area (Å²) in [7, 11) is 0. The minimum absolute atomic E-state index is 0.662. The van der Waals surface area contributed by atoms with Gasteiger partial charge < -0.3 is 10.1 Å². The highest BCUT2D eigenvalue weighted by Crippen LogP contribution is 2.17. The third-order valence-electron chi connectivity index (χ3n) is 3.34. The predicted molar refractivity (Wildman–Crippen MR) is 71.7 cm³/mol. The lowest BCUT2D eigenvalue weighted by atomic mass is 10.0. The molecule has 1 unspecified atom stereocenters. The van der Waals surface area contributed by atoms with Gasteiger partial charge in [0, 0.05) is 6.04 Å². The Hall–Kier alpha value is -1.02. The van der Waals surface area contributed by atoms with Gasteiger partial charge in [-0.3, -0.25) is 0 Å². The van der Waals surface area contributed by atoms with E-state index in [0.29, 0.717) is 6.04 Å². The molecule has 1 aliphatic rings. The van der Waals surface area contributed by atoms with Gasteiger partial charge in [0.2, 0.25) is 0 Å². The first-order valence-electron chi connectivity index (χ1n) is 6.68. The monoisotopic (exact) mass is 233 g/mol. The molecule has 2 heteroatoms. The summed E-state index contributed by atoms with van der Waals surface area (Å²) < 4.78 is 5.83. The predicted octanol–water partition coefficient (Wildman–Crippen LogP) is 3.21. The van der Waals surface area contributed by atoms with E-state index in [1.165, 1.54) is 36.9 Å². The Kier molecular flexibility index (Phi) is 4.43. The summed E-state index contributed by atoms with van der Waals surface area (Å²) >= 11 is 0. The maximum atomic E-state index is 5.83. The van der Waals surface area contributed by atoms with Gasteiger partial charge in [-0.2, -0.15) is 0 Å². The van der Waals surface area contributed by atoms with Crippen molar-refractivity contribution in [2.45, 2.75) is 45.6 Å². The second-order valence-electron chi connectivity index (χ2n) is 5.11. The topological polar surface area (TPSA) is 21.3 Å². The lowest BCUT2D eigenvalue weighted by molar-refractivity contribution is 0.268. The van der Waals surface area contributed by atoms with Crippen LogP contribution in [0.25, 0.3) is 0 Å². The molecule has 0 amide bonds. The maximum absolute atomic E-state index is 5.83. The van der Waals surface area contributed by atoms with Gasteiger partial charge in [0.15, 0.2) is 0 Å². The Morgan fingerprint density at radius 2 is 1.94 bits per heavy atom. The zero-order chi connectivity index (χ0) is 12.1. The molecular weight excluding hydrogens is 210 g/mol. The first-order valence-corrected chi connectivity index (χ1v) is 6.68. The molecule has 1 aromatic rings. The summed E-state index contributed by atoms with van der Waals surface area (Å²) in [6.07, 6.45) is 5.11. The number of nitrogens with one attached hydrogen (secondary N) is 1. The van der Waals surface area contributed by atoms with Gasteiger partial charge in [0.05, 0.1) is 6.61 Å². The van der Waals surface area contributed by atoms with E-state index >= 15 is 0 Å². The van der Waals surface area contributed by atoms with Crippen LogP contribution in [0.1, 0.15) is 36.8 Å². The minimum atomic E-state index is 0.662. The summed E-state index contributed by atoms with van der Waals surface area (Å²) in [6, 6.07) is 7.06. The zero-order valence-corrected chi connectivity index (χ0v) is 11.0. The molecule has 0 radical (unpaired) electrons. The van der Waals surface area contributed by atoms with Crippen molar-refractivity contribution in [1.29, 1.82) is 0 Å². The molecule has 0 aliphatic carbocycles. The molecule has 2 rings (SSSR count). The maximum Gasteiger partial charge on any atom is 0.119 e. The standard InChI is InChI=1S/C15H23NO/c1-12-9-13(2)11-15(10-12)17-8-6-14-5-3-4-7-16-14/h9-11,14,16H,3-8H2,1-2H3. The Balaban J connectivity index is 1.77. The van der Waals surface area contributed by atoms with E-state index in [1.807, 2.05) is 0 Å². The SMILES string of the molecule is Cc1cc(C)cc(OCCC2CCCCN2)c1. The van der Waals surface area contributed by atoms with E-state index in [0.717, 1.165) is 18.8 Å². The van der Waals surface area contributed by atoms with Crippen LogP contribution in [-0.4, -0.2) is 19.2 Å². The Bertz CT molecular complexity index is 336. The summed E-state index contributed by atoms with van der Waals surface area (Å²) in [4.78, 5) is 0. The molecule has 0 bridgehead atoms. The molecular formula is C15H23NO. The van der Waals surface area contributed by atoms with Crippen LogP contribution in [0.4, 0.5) is 0 Å². The van der Waals surface area contributed by atoms with Crippen molar-refractivity contribution in [3.63, 3.8) is 0 Å². The highest BCUT2D eigenvalue weighted by molar-refractivity contribution is 5.32. The smallest absolute Gasteiger partial charge is 0.119 e. The van der Waals surface area contributed by atoms with E-state index < -0.39 is 0 Å². The van der Waals surface area contributed by atoms with Crippen molar-refractivity contribution in [2.24, 2.45) is 0 Å². The van der Waals surface area contributed by atoms with E-state index in [9.17, 15) is 0 Å². The van der Waals surface area contributed by atoms with Crippen LogP contribution in [-0.2, 0) is 0 Å². The fourth-order valence-corrected chi connectivity index (χ4v) is 2.51. The third kappa shape index (κ3) is 4.04. The van der Waals surface area contributed by atoms with Crippen LogP contribution < -0.4 is 10.1 Å². The van der Waals surface area contributed by atoms with Gasteiger partial charge in [-0.1, -0.05) is 12.5 Å². The lowest BCUT2D eigenvalue weighted by Crippen LogP contribution is -2.35. The minimum Gasteiger partial charge on any atom is -0.494 e. The molecule has 1 aromatic carbocycles. The van der Waals surface area contributed by atoms with E-state index in [4.69, 9.17) is 4.74 Å². The van der Waals surface area contributed by atoms with Crippen LogP contribution in [0.3, 0.4) is 0 Å². The molecule has 94 valence electrons. The first kappa shape index (κ1) is 12.4. The van der Waals surface area contributed by atoms with E-state index in [-0.39, 0.29) is 0 Å². The van der Waals surface area contributed by atoms with Crippen LogP contribution in [0.15, 0.2) is 18.2 Å². The molecule has 1 aliphatic heterocycles. The number of ether oxygens (including phenoxy) is 1. The van der Waals surface area contributed by atoms with Crippen molar-refractivity contribution >= 4 is 0 Å². The number of piperidine rings is 1. The average Bonchev–Trinajstić information content (AvgIpc) is 2.29. The van der Waals surface area contributed by atoms with Gasteiger partial charge in [0.1, 0.15) is 5.75 Å². The molecule has 0 spiro atoms.